The van der Waals surface area contributed by atoms with E-state index >= 15 is 0 Å². The average molecular weight is 374 g/mol. The minimum absolute atomic E-state index is 0.00814. The number of esters is 1. The van der Waals surface area contributed by atoms with Gasteiger partial charge in [0.1, 0.15) is 0 Å². The van der Waals surface area contributed by atoms with Crippen LogP contribution in [0.5, 0.6) is 0 Å². The number of carbonyl (C=O) groups is 1. The molecule has 2 aromatic carbocycles. The summed E-state index contributed by atoms with van der Waals surface area (Å²) in [6.07, 6.45) is 1.65. The molecule has 0 atom stereocenters. The van der Waals surface area contributed by atoms with Gasteiger partial charge in [0.15, 0.2) is 18.1 Å². The van der Waals surface area contributed by atoms with Crippen LogP contribution >= 0.6 is 0 Å². The Labute approximate surface area is 161 Å². The molecule has 28 heavy (non-hydrogen) atoms. The van der Waals surface area contributed by atoms with Crippen LogP contribution in [0.25, 0.3) is 22.8 Å². The summed E-state index contributed by atoms with van der Waals surface area (Å²) in [5.41, 5.74) is 3.76. The van der Waals surface area contributed by atoms with Crippen LogP contribution < -0.4 is 0 Å². The van der Waals surface area contributed by atoms with Gasteiger partial charge in [0.05, 0.1) is 23.0 Å². The molecule has 0 aliphatic heterocycles. The second-order valence-electron chi connectivity index (χ2n) is 6.45. The molecular formula is C22H18N2O4. The average Bonchev–Trinajstić information content (AvgIpc) is 3.36. The number of aryl methyl sites for hydroxylation is 2. The van der Waals surface area contributed by atoms with Crippen molar-refractivity contribution in [3.05, 3.63) is 83.4 Å². The Morgan fingerprint density at radius 3 is 2.61 bits per heavy atom. The van der Waals surface area contributed by atoms with Crippen molar-refractivity contribution in [3.8, 4) is 22.8 Å². The van der Waals surface area contributed by atoms with Crippen LogP contribution in [0, 0.1) is 13.8 Å². The van der Waals surface area contributed by atoms with Gasteiger partial charge in [-0.3, -0.25) is 0 Å². The third-order valence-electron chi connectivity index (χ3n) is 4.24. The van der Waals surface area contributed by atoms with Gasteiger partial charge >= 0.3 is 5.97 Å². The molecule has 2 aromatic heterocycles. The first-order valence-electron chi connectivity index (χ1n) is 8.82. The smallest absolute Gasteiger partial charge is 0.339 e. The van der Waals surface area contributed by atoms with Crippen molar-refractivity contribution < 1.29 is 18.5 Å². The van der Waals surface area contributed by atoms with E-state index in [0.717, 1.165) is 11.3 Å². The molecule has 0 radical (unpaired) electrons. The van der Waals surface area contributed by atoms with Crippen LogP contribution in [0.15, 0.2) is 69.7 Å². The van der Waals surface area contributed by atoms with Crippen LogP contribution in [-0.2, 0) is 11.3 Å². The summed E-state index contributed by atoms with van der Waals surface area (Å²) in [4.78, 5) is 16.9. The zero-order valence-corrected chi connectivity index (χ0v) is 15.5. The molecule has 0 saturated carbocycles. The summed E-state index contributed by atoms with van der Waals surface area (Å²) in [5.74, 6) is 0.995. The van der Waals surface area contributed by atoms with Gasteiger partial charge < -0.3 is 13.7 Å². The highest BCUT2D eigenvalue weighted by Crippen LogP contribution is 2.29. The number of carbonyl (C=O) groups excluding carboxylic acids is 1. The lowest BCUT2D eigenvalue weighted by Crippen LogP contribution is -2.06. The first kappa shape index (κ1) is 17.7. The minimum Gasteiger partial charge on any atom is -0.454 e. The molecule has 6 heteroatoms. The van der Waals surface area contributed by atoms with Gasteiger partial charge in [-0.25, -0.2) is 9.78 Å². The van der Waals surface area contributed by atoms with E-state index in [-0.39, 0.29) is 6.61 Å². The van der Waals surface area contributed by atoms with Crippen molar-refractivity contribution >= 4 is 5.97 Å². The number of hydrogen-bond acceptors (Lipinski definition) is 6. The largest absolute Gasteiger partial charge is 0.454 e. The van der Waals surface area contributed by atoms with Crippen molar-refractivity contribution in [3.63, 3.8) is 0 Å². The normalized spacial score (nSPS) is 10.8. The summed E-state index contributed by atoms with van der Waals surface area (Å²) in [6.45, 7) is 3.84. The molecule has 0 aliphatic rings. The van der Waals surface area contributed by atoms with Crippen LogP contribution in [0.1, 0.15) is 27.4 Å². The molecule has 6 nitrogen and oxygen atoms in total. The van der Waals surface area contributed by atoms with Crippen molar-refractivity contribution in [2.24, 2.45) is 0 Å². The first-order chi connectivity index (χ1) is 13.6. The van der Waals surface area contributed by atoms with Gasteiger partial charge in [0.2, 0.25) is 5.89 Å². The molecular weight excluding hydrogens is 356 g/mol. The van der Waals surface area contributed by atoms with E-state index in [1.807, 2.05) is 37.3 Å². The highest BCUT2D eigenvalue weighted by molar-refractivity contribution is 5.96. The molecule has 0 bridgehead atoms. The van der Waals surface area contributed by atoms with Crippen molar-refractivity contribution in [2.75, 3.05) is 0 Å². The number of nitrogens with zero attached hydrogens (tertiary/aromatic N) is 2. The molecule has 140 valence electrons. The van der Waals surface area contributed by atoms with Gasteiger partial charge in [-0.15, -0.1) is 0 Å². The summed E-state index contributed by atoms with van der Waals surface area (Å²) in [6, 6.07) is 16.7. The quantitative estimate of drug-likeness (QED) is 0.459. The number of rotatable bonds is 5. The lowest BCUT2D eigenvalue weighted by Gasteiger charge is -2.06. The summed E-state index contributed by atoms with van der Waals surface area (Å²) < 4.78 is 16.3. The maximum atomic E-state index is 12.6. The molecule has 0 spiro atoms. The van der Waals surface area contributed by atoms with E-state index in [1.165, 1.54) is 5.56 Å². The van der Waals surface area contributed by atoms with E-state index in [1.54, 1.807) is 37.4 Å². The van der Waals surface area contributed by atoms with Crippen molar-refractivity contribution in [2.45, 2.75) is 20.5 Å². The Morgan fingerprint density at radius 1 is 1.07 bits per heavy atom. The van der Waals surface area contributed by atoms with Crippen LogP contribution in [-0.4, -0.2) is 16.1 Å². The lowest BCUT2D eigenvalue weighted by atomic mass is 10.1. The molecule has 4 aromatic rings. The molecule has 0 N–H and O–H groups in total. The fourth-order valence-corrected chi connectivity index (χ4v) is 2.80. The summed E-state index contributed by atoms with van der Waals surface area (Å²) >= 11 is 0. The van der Waals surface area contributed by atoms with E-state index < -0.39 is 5.97 Å². The molecule has 0 saturated heterocycles. The maximum absolute atomic E-state index is 12.6. The predicted octanol–water partition coefficient (Wildman–Crippen LogP) is 4.97. The molecule has 2 heterocycles. The van der Waals surface area contributed by atoms with Gasteiger partial charge in [-0.05, 0) is 26.0 Å². The highest BCUT2D eigenvalue weighted by atomic mass is 16.5. The van der Waals surface area contributed by atoms with Crippen LogP contribution in [0.4, 0.5) is 0 Å². The third kappa shape index (κ3) is 3.71. The molecule has 4 rings (SSSR count). The number of aromatic nitrogens is 2. The summed E-state index contributed by atoms with van der Waals surface area (Å²) in [5, 5.41) is 3.78. The fourth-order valence-electron chi connectivity index (χ4n) is 2.80. The topological polar surface area (TPSA) is 78.4 Å². The second kappa shape index (κ2) is 7.52. The van der Waals surface area contributed by atoms with Gasteiger partial charge in [0.25, 0.3) is 0 Å². The van der Waals surface area contributed by atoms with Crippen molar-refractivity contribution in [1.82, 2.24) is 10.1 Å². The van der Waals surface area contributed by atoms with Gasteiger partial charge in [-0.1, -0.05) is 47.1 Å². The second-order valence-corrected chi connectivity index (χ2v) is 6.45. The highest BCUT2D eigenvalue weighted by Gasteiger charge is 2.18. The van der Waals surface area contributed by atoms with E-state index in [9.17, 15) is 4.79 Å². The number of hydrogen-bond donors (Lipinski definition) is 0. The zero-order chi connectivity index (χ0) is 19.5. The Morgan fingerprint density at radius 2 is 1.86 bits per heavy atom. The minimum atomic E-state index is -0.486. The van der Waals surface area contributed by atoms with Gasteiger partial charge in [0, 0.05) is 11.6 Å². The standard InChI is InChI=1S/C22H18N2O4/c1-14-7-9-16(10-8-14)20-12-23-21(27-20)18-5-3-4-6-19(18)22(25)26-13-17-11-15(2)24-28-17/h3-12H,13H2,1-2H3. The predicted molar refractivity (Wildman–Crippen MR) is 102 cm³/mol. The molecule has 0 fully saturated rings. The van der Waals surface area contributed by atoms with E-state index in [2.05, 4.69) is 10.1 Å². The van der Waals surface area contributed by atoms with E-state index in [4.69, 9.17) is 13.7 Å². The molecule has 0 aliphatic carbocycles. The van der Waals surface area contributed by atoms with Crippen LogP contribution in [0.3, 0.4) is 0 Å². The Kier molecular flexibility index (Phi) is 4.76. The van der Waals surface area contributed by atoms with Crippen LogP contribution in [0.2, 0.25) is 0 Å². The first-order valence-corrected chi connectivity index (χ1v) is 8.82. The maximum Gasteiger partial charge on any atom is 0.339 e. The van der Waals surface area contributed by atoms with E-state index in [0.29, 0.717) is 28.5 Å². The number of benzene rings is 2. The zero-order valence-electron chi connectivity index (χ0n) is 15.5. The number of oxazole rings is 1. The third-order valence-corrected chi connectivity index (χ3v) is 4.24. The lowest BCUT2D eigenvalue weighted by molar-refractivity contribution is 0.0438. The monoisotopic (exact) mass is 374 g/mol. The van der Waals surface area contributed by atoms with Gasteiger partial charge in [-0.2, -0.15) is 0 Å². The molecule has 0 unspecified atom stereocenters. The fraction of sp³-hybridized carbons (Fsp3) is 0.136. The number of ether oxygens (including phenoxy) is 1. The molecule has 0 amide bonds. The Hall–Kier alpha value is -3.67. The Balaban J connectivity index is 1.57. The summed E-state index contributed by atoms with van der Waals surface area (Å²) in [7, 11) is 0. The van der Waals surface area contributed by atoms with Crippen molar-refractivity contribution in [1.29, 1.82) is 0 Å². The SMILES string of the molecule is Cc1ccc(-c2cnc(-c3ccccc3C(=O)OCc3cc(C)no3)o2)cc1. The Bertz CT molecular complexity index is 1110.